The van der Waals surface area contributed by atoms with Crippen LogP contribution in [0.2, 0.25) is 10.0 Å². The van der Waals surface area contributed by atoms with E-state index < -0.39 is 6.10 Å². The zero-order valence-electron chi connectivity index (χ0n) is 16.7. The number of aliphatic hydroxyl groups excluding tert-OH is 1. The molecule has 4 rings (SSSR count). The second-order valence-corrected chi connectivity index (χ2v) is 8.71. The largest absolute Gasteiger partial charge is 0.388 e. The van der Waals surface area contributed by atoms with Crippen LogP contribution in [-0.4, -0.2) is 17.7 Å². The lowest BCUT2D eigenvalue weighted by Crippen LogP contribution is -2.34. The summed E-state index contributed by atoms with van der Waals surface area (Å²) in [4.78, 5) is 0. The van der Waals surface area contributed by atoms with Crippen molar-refractivity contribution in [3.05, 3.63) is 111 Å². The monoisotopic (exact) mass is 437 g/mol. The van der Waals surface area contributed by atoms with Gasteiger partial charge in [-0.2, -0.15) is 0 Å². The molecule has 2 nitrogen and oxygen atoms in total. The zero-order valence-corrected chi connectivity index (χ0v) is 18.2. The van der Waals surface area contributed by atoms with Gasteiger partial charge in [0.05, 0.1) is 6.10 Å². The smallest absolute Gasteiger partial charge is 0.0805 e. The second-order valence-electron chi connectivity index (χ2n) is 7.84. The van der Waals surface area contributed by atoms with Gasteiger partial charge in [0.2, 0.25) is 0 Å². The number of hydrogen-bond donors (Lipinski definition) is 2. The summed E-state index contributed by atoms with van der Waals surface area (Å²) in [6.07, 6.45) is 4.16. The molecule has 1 aliphatic heterocycles. The van der Waals surface area contributed by atoms with Crippen molar-refractivity contribution < 1.29 is 5.11 Å². The van der Waals surface area contributed by atoms with Gasteiger partial charge in [-0.25, -0.2) is 0 Å². The Labute approximate surface area is 188 Å². The van der Waals surface area contributed by atoms with Crippen molar-refractivity contribution in [2.24, 2.45) is 0 Å². The van der Waals surface area contributed by atoms with Gasteiger partial charge in [0.25, 0.3) is 0 Å². The summed E-state index contributed by atoms with van der Waals surface area (Å²) >= 11 is 12.0. The van der Waals surface area contributed by atoms with Gasteiger partial charge in [0, 0.05) is 22.6 Å². The summed E-state index contributed by atoms with van der Waals surface area (Å²) in [5.41, 5.74) is 5.91. The predicted molar refractivity (Wildman–Crippen MR) is 126 cm³/mol. The van der Waals surface area contributed by atoms with E-state index in [0.717, 1.165) is 35.0 Å². The van der Waals surface area contributed by atoms with E-state index in [9.17, 15) is 5.11 Å². The van der Waals surface area contributed by atoms with Crippen LogP contribution in [0.5, 0.6) is 0 Å². The average molecular weight is 438 g/mol. The molecule has 3 aromatic carbocycles. The Morgan fingerprint density at radius 1 is 0.833 bits per heavy atom. The van der Waals surface area contributed by atoms with Crippen molar-refractivity contribution in [3.8, 4) is 0 Å². The summed E-state index contributed by atoms with van der Waals surface area (Å²) in [6.45, 7) is 0.815. The van der Waals surface area contributed by atoms with E-state index in [1.165, 1.54) is 22.3 Å². The molecule has 1 heterocycles. The molecule has 0 radical (unpaired) electrons. The van der Waals surface area contributed by atoms with Crippen LogP contribution in [0, 0.1) is 0 Å². The summed E-state index contributed by atoms with van der Waals surface area (Å²) < 4.78 is 0. The van der Waals surface area contributed by atoms with Gasteiger partial charge >= 0.3 is 0 Å². The number of hydrogen-bond acceptors (Lipinski definition) is 2. The zero-order chi connectivity index (χ0) is 20.9. The van der Waals surface area contributed by atoms with Crippen LogP contribution in [0.25, 0.3) is 5.57 Å². The minimum atomic E-state index is -0.489. The Kier molecular flexibility index (Phi) is 6.91. The topological polar surface area (TPSA) is 32.3 Å². The molecule has 0 aromatic heterocycles. The minimum Gasteiger partial charge on any atom is -0.388 e. The molecule has 4 heteroatoms. The molecule has 0 aliphatic carbocycles. The number of halogens is 2. The Morgan fingerprint density at radius 2 is 1.40 bits per heavy atom. The fourth-order valence-electron chi connectivity index (χ4n) is 3.94. The van der Waals surface area contributed by atoms with E-state index in [0.29, 0.717) is 6.42 Å². The molecule has 0 amide bonds. The molecule has 2 N–H and O–H groups in total. The number of nitrogens with one attached hydrogen (secondary N) is 1. The van der Waals surface area contributed by atoms with Crippen molar-refractivity contribution in [1.29, 1.82) is 0 Å². The van der Waals surface area contributed by atoms with Crippen LogP contribution in [0.4, 0.5) is 0 Å². The first-order valence-corrected chi connectivity index (χ1v) is 11.0. The molecular formula is C26H25Cl2NO. The molecule has 0 saturated heterocycles. The van der Waals surface area contributed by atoms with Crippen molar-refractivity contribution in [3.63, 3.8) is 0 Å². The predicted octanol–water partition coefficient (Wildman–Crippen LogP) is 6.45. The van der Waals surface area contributed by atoms with E-state index in [-0.39, 0.29) is 6.04 Å². The summed E-state index contributed by atoms with van der Waals surface area (Å²) in [7, 11) is 0. The third-order valence-electron chi connectivity index (χ3n) is 5.63. The van der Waals surface area contributed by atoms with Gasteiger partial charge in [-0.1, -0.05) is 77.8 Å². The SMILES string of the molecule is OC(CC1CC(c2ccc(Cl)cc2)=CCN1)c1ccc(Cc2ccc(Cl)cc2)cc1. The quantitative estimate of drug-likeness (QED) is 0.463. The first kappa shape index (κ1) is 21.1. The number of benzene rings is 3. The van der Waals surface area contributed by atoms with Gasteiger partial charge in [0.15, 0.2) is 0 Å². The highest BCUT2D eigenvalue weighted by atomic mass is 35.5. The lowest BCUT2D eigenvalue weighted by Gasteiger charge is -2.27. The Bertz CT molecular complexity index is 995. The molecule has 154 valence electrons. The number of rotatable bonds is 6. The highest BCUT2D eigenvalue weighted by molar-refractivity contribution is 6.30. The number of aliphatic hydroxyl groups is 1. The van der Waals surface area contributed by atoms with Gasteiger partial charge < -0.3 is 10.4 Å². The molecule has 0 bridgehead atoms. The minimum absolute atomic E-state index is 0.240. The molecule has 2 atom stereocenters. The van der Waals surface area contributed by atoms with Crippen molar-refractivity contribution >= 4 is 28.8 Å². The van der Waals surface area contributed by atoms with E-state index in [1.807, 2.05) is 48.5 Å². The maximum Gasteiger partial charge on any atom is 0.0805 e. The van der Waals surface area contributed by atoms with E-state index in [4.69, 9.17) is 23.2 Å². The highest BCUT2D eigenvalue weighted by Crippen LogP contribution is 2.28. The van der Waals surface area contributed by atoms with Gasteiger partial charge in [-0.15, -0.1) is 0 Å². The third-order valence-corrected chi connectivity index (χ3v) is 6.13. The fourth-order valence-corrected chi connectivity index (χ4v) is 4.19. The van der Waals surface area contributed by atoms with Crippen LogP contribution in [-0.2, 0) is 6.42 Å². The maximum absolute atomic E-state index is 10.8. The Balaban J connectivity index is 1.35. The van der Waals surface area contributed by atoms with Crippen LogP contribution in [0.15, 0.2) is 78.9 Å². The Hall–Kier alpha value is -2.10. The second kappa shape index (κ2) is 9.80. The molecule has 0 fully saturated rings. The first-order chi connectivity index (χ1) is 14.6. The maximum atomic E-state index is 10.8. The molecule has 0 saturated carbocycles. The van der Waals surface area contributed by atoms with E-state index in [1.54, 1.807) is 0 Å². The van der Waals surface area contributed by atoms with Gasteiger partial charge in [0.1, 0.15) is 0 Å². The van der Waals surface area contributed by atoms with Crippen molar-refractivity contribution in [2.45, 2.75) is 31.4 Å². The van der Waals surface area contributed by atoms with Crippen LogP contribution >= 0.6 is 23.2 Å². The lowest BCUT2D eigenvalue weighted by molar-refractivity contribution is 0.152. The highest BCUT2D eigenvalue weighted by Gasteiger charge is 2.20. The summed E-state index contributed by atoms with van der Waals surface area (Å²) in [5, 5.41) is 15.8. The van der Waals surface area contributed by atoms with Gasteiger partial charge in [-0.05, 0) is 71.4 Å². The molecule has 1 aliphatic rings. The standard InChI is InChI=1S/C26H25Cl2NO/c27-23-9-3-19(4-10-23)15-18-1-5-21(6-2-18)26(30)17-25-16-22(13-14-29-25)20-7-11-24(28)12-8-20/h1-13,25-26,29-30H,14-17H2. The average Bonchev–Trinajstić information content (AvgIpc) is 2.76. The van der Waals surface area contributed by atoms with E-state index in [2.05, 4.69) is 35.7 Å². The lowest BCUT2D eigenvalue weighted by atomic mass is 9.91. The molecule has 2 unspecified atom stereocenters. The van der Waals surface area contributed by atoms with Crippen LogP contribution in [0.3, 0.4) is 0 Å². The summed E-state index contributed by atoms with van der Waals surface area (Å²) in [6, 6.07) is 24.4. The van der Waals surface area contributed by atoms with Crippen molar-refractivity contribution in [1.82, 2.24) is 5.32 Å². The molecule has 30 heavy (non-hydrogen) atoms. The van der Waals surface area contributed by atoms with Gasteiger partial charge in [-0.3, -0.25) is 0 Å². The molecular weight excluding hydrogens is 413 g/mol. The van der Waals surface area contributed by atoms with E-state index >= 15 is 0 Å². The molecule has 3 aromatic rings. The van der Waals surface area contributed by atoms with Crippen molar-refractivity contribution in [2.75, 3.05) is 6.54 Å². The summed E-state index contributed by atoms with van der Waals surface area (Å²) in [5.74, 6) is 0. The first-order valence-electron chi connectivity index (χ1n) is 10.3. The molecule has 0 spiro atoms. The third kappa shape index (κ3) is 5.53. The normalized spacial score (nSPS) is 17.4. The van der Waals surface area contributed by atoms with Crippen LogP contribution in [0.1, 0.15) is 41.2 Å². The Morgan fingerprint density at radius 3 is 2.03 bits per heavy atom. The van der Waals surface area contributed by atoms with Crippen LogP contribution < -0.4 is 5.32 Å². The fraction of sp³-hybridized carbons (Fsp3) is 0.231.